The maximum atomic E-state index is 10.3. The quantitative estimate of drug-likeness (QED) is 0.831. The van der Waals surface area contributed by atoms with Gasteiger partial charge in [-0.05, 0) is 18.1 Å². The van der Waals surface area contributed by atoms with E-state index in [1.54, 1.807) is 18.2 Å². The van der Waals surface area contributed by atoms with Crippen molar-refractivity contribution < 1.29 is 9.90 Å². The van der Waals surface area contributed by atoms with Crippen molar-refractivity contribution in [1.29, 1.82) is 5.26 Å². The van der Waals surface area contributed by atoms with E-state index in [4.69, 9.17) is 22.0 Å². The van der Waals surface area contributed by atoms with Crippen molar-refractivity contribution in [2.24, 2.45) is 0 Å². The predicted molar refractivity (Wildman–Crippen MR) is 52.1 cm³/mol. The summed E-state index contributed by atoms with van der Waals surface area (Å²) in [6.07, 6.45) is 0.373. The van der Waals surface area contributed by atoms with E-state index in [-0.39, 0.29) is 6.42 Å². The van der Waals surface area contributed by atoms with Gasteiger partial charge < -0.3 is 5.11 Å². The highest BCUT2D eigenvalue weighted by molar-refractivity contribution is 6.32. The molecule has 1 aromatic carbocycles. The molecule has 14 heavy (non-hydrogen) atoms. The molecule has 72 valence electrons. The molecule has 0 bridgehead atoms. The first-order valence-electron chi connectivity index (χ1n) is 4.04. The molecule has 0 saturated carbocycles. The Morgan fingerprint density at radius 2 is 2.29 bits per heavy atom. The molecule has 0 radical (unpaired) electrons. The summed E-state index contributed by atoms with van der Waals surface area (Å²) in [5.74, 6) is -0.872. The third kappa shape index (κ3) is 2.48. The van der Waals surface area contributed by atoms with Crippen molar-refractivity contribution in [3.05, 3.63) is 34.3 Å². The van der Waals surface area contributed by atoms with Gasteiger partial charge in [-0.15, -0.1) is 0 Å². The third-order valence-corrected chi connectivity index (χ3v) is 2.25. The molecular formula is C10H8ClNO2. The summed E-state index contributed by atoms with van der Waals surface area (Å²) >= 11 is 5.88. The lowest BCUT2D eigenvalue weighted by Crippen LogP contribution is -1.98. The molecule has 0 aliphatic carbocycles. The van der Waals surface area contributed by atoms with E-state index in [0.29, 0.717) is 22.6 Å². The number of carboxylic acid groups (broad SMARTS) is 1. The molecule has 4 heteroatoms. The first-order valence-corrected chi connectivity index (χ1v) is 4.42. The summed E-state index contributed by atoms with van der Waals surface area (Å²) in [6.45, 7) is 0. The van der Waals surface area contributed by atoms with Gasteiger partial charge in [0.05, 0.1) is 10.6 Å². The normalized spacial score (nSPS) is 9.43. The number of benzene rings is 1. The fourth-order valence-corrected chi connectivity index (χ4v) is 1.36. The van der Waals surface area contributed by atoms with Crippen LogP contribution in [-0.2, 0) is 11.2 Å². The van der Waals surface area contributed by atoms with Crippen LogP contribution in [0.25, 0.3) is 0 Å². The van der Waals surface area contributed by atoms with Crippen molar-refractivity contribution >= 4 is 17.6 Å². The summed E-state index contributed by atoms with van der Waals surface area (Å²) < 4.78 is 0. The molecule has 3 nitrogen and oxygen atoms in total. The molecule has 0 spiro atoms. The zero-order valence-corrected chi connectivity index (χ0v) is 8.08. The summed E-state index contributed by atoms with van der Waals surface area (Å²) in [5.41, 5.74) is 1.09. The van der Waals surface area contributed by atoms with E-state index >= 15 is 0 Å². The molecule has 0 saturated heterocycles. The van der Waals surface area contributed by atoms with E-state index in [2.05, 4.69) is 0 Å². The number of nitrogens with zero attached hydrogens (tertiary/aromatic N) is 1. The molecular weight excluding hydrogens is 202 g/mol. The topological polar surface area (TPSA) is 61.1 Å². The Morgan fingerprint density at radius 3 is 2.86 bits per heavy atom. The largest absolute Gasteiger partial charge is 0.481 e. The minimum Gasteiger partial charge on any atom is -0.481 e. The Labute approximate surface area is 86.5 Å². The Balaban J connectivity index is 2.88. The van der Waals surface area contributed by atoms with Crippen LogP contribution in [0, 0.1) is 11.3 Å². The molecule has 1 rings (SSSR count). The molecule has 0 aliphatic heterocycles. The molecule has 0 unspecified atom stereocenters. The number of rotatable bonds is 3. The second-order valence-electron chi connectivity index (χ2n) is 2.78. The molecule has 0 amide bonds. The van der Waals surface area contributed by atoms with Crippen LogP contribution < -0.4 is 0 Å². The highest BCUT2D eigenvalue weighted by atomic mass is 35.5. The Hall–Kier alpha value is -1.53. The van der Waals surface area contributed by atoms with Gasteiger partial charge in [0.15, 0.2) is 0 Å². The second kappa shape index (κ2) is 4.64. The lowest BCUT2D eigenvalue weighted by molar-refractivity contribution is -0.136. The van der Waals surface area contributed by atoms with Crippen LogP contribution in [0.15, 0.2) is 18.2 Å². The number of halogens is 1. The third-order valence-electron chi connectivity index (χ3n) is 1.81. The number of aliphatic carboxylic acids is 1. The van der Waals surface area contributed by atoms with E-state index in [1.807, 2.05) is 6.07 Å². The van der Waals surface area contributed by atoms with Gasteiger partial charge in [-0.1, -0.05) is 23.7 Å². The number of hydrogen-bond donors (Lipinski definition) is 1. The Kier molecular flexibility index (Phi) is 3.49. The van der Waals surface area contributed by atoms with Crippen LogP contribution in [0.3, 0.4) is 0 Å². The molecule has 0 atom stereocenters. The molecule has 0 aromatic heterocycles. The van der Waals surface area contributed by atoms with Crippen LogP contribution in [0.2, 0.25) is 5.02 Å². The van der Waals surface area contributed by atoms with Gasteiger partial charge in [-0.3, -0.25) is 4.79 Å². The average Bonchev–Trinajstić information content (AvgIpc) is 2.16. The zero-order valence-electron chi connectivity index (χ0n) is 7.33. The van der Waals surface area contributed by atoms with Crippen LogP contribution in [-0.4, -0.2) is 11.1 Å². The molecule has 1 N–H and O–H groups in total. The first kappa shape index (κ1) is 10.6. The zero-order chi connectivity index (χ0) is 10.6. The molecule has 1 aromatic rings. The van der Waals surface area contributed by atoms with Crippen molar-refractivity contribution in [2.75, 3.05) is 0 Å². The number of aryl methyl sites for hydroxylation is 1. The van der Waals surface area contributed by atoms with Crippen molar-refractivity contribution in [2.45, 2.75) is 12.8 Å². The van der Waals surface area contributed by atoms with Crippen LogP contribution in [0.4, 0.5) is 0 Å². The van der Waals surface area contributed by atoms with Crippen molar-refractivity contribution in [3.8, 4) is 6.07 Å². The lowest BCUT2D eigenvalue weighted by atomic mass is 10.1. The van der Waals surface area contributed by atoms with E-state index < -0.39 is 5.97 Å². The molecule has 0 aliphatic rings. The fraction of sp³-hybridized carbons (Fsp3) is 0.200. The van der Waals surface area contributed by atoms with Gasteiger partial charge >= 0.3 is 5.97 Å². The van der Waals surface area contributed by atoms with E-state index in [0.717, 1.165) is 0 Å². The van der Waals surface area contributed by atoms with Gasteiger partial charge in [0.25, 0.3) is 0 Å². The Morgan fingerprint density at radius 1 is 1.57 bits per heavy atom. The maximum Gasteiger partial charge on any atom is 0.303 e. The minimum atomic E-state index is -0.872. The number of carbonyl (C=O) groups is 1. The summed E-state index contributed by atoms with van der Waals surface area (Å²) in [6, 6.07) is 6.97. The van der Waals surface area contributed by atoms with Gasteiger partial charge in [-0.25, -0.2) is 0 Å². The van der Waals surface area contributed by atoms with Gasteiger partial charge in [0.1, 0.15) is 6.07 Å². The van der Waals surface area contributed by atoms with Gasteiger partial charge in [0.2, 0.25) is 0 Å². The van der Waals surface area contributed by atoms with Crippen LogP contribution >= 0.6 is 11.6 Å². The second-order valence-corrected chi connectivity index (χ2v) is 3.16. The fourth-order valence-electron chi connectivity index (χ4n) is 1.10. The highest BCUT2D eigenvalue weighted by Crippen LogP contribution is 2.21. The lowest BCUT2D eigenvalue weighted by Gasteiger charge is -2.02. The maximum absolute atomic E-state index is 10.3. The van der Waals surface area contributed by atoms with Crippen LogP contribution in [0.1, 0.15) is 17.5 Å². The minimum absolute atomic E-state index is 0.0224. The monoisotopic (exact) mass is 209 g/mol. The predicted octanol–water partition coefficient (Wildman–Crippen LogP) is 2.23. The molecule has 0 fully saturated rings. The van der Waals surface area contributed by atoms with Gasteiger partial charge in [0, 0.05) is 6.42 Å². The van der Waals surface area contributed by atoms with Gasteiger partial charge in [-0.2, -0.15) is 5.26 Å². The summed E-state index contributed by atoms with van der Waals surface area (Å²) in [5, 5.41) is 17.5. The summed E-state index contributed by atoms with van der Waals surface area (Å²) in [7, 11) is 0. The average molecular weight is 210 g/mol. The number of hydrogen-bond acceptors (Lipinski definition) is 2. The van der Waals surface area contributed by atoms with Crippen molar-refractivity contribution in [1.82, 2.24) is 0 Å². The molecule has 0 heterocycles. The SMILES string of the molecule is N#Cc1cccc(CCC(=O)O)c1Cl. The standard InChI is InChI=1S/C10H8ClNO2/c11-10-7(4-5-9(13)14)2-1-3-8(10)6-12/h1-3H,4-5H2,(H,13,14). The summed E-state index contributed by atoms with van der Waals surface area (Å²) in [4.78, 5) is 10.3. The number of carboxylic acids is 1. The number of nitriles is 1. The van der Waals surface area contributed by atoms with Crippen LogP contribution in [0.5, 0.6) is 0 Å². The first-order chi connectivity index (χ1) is 6.65. The Bertz CT molecular complexity index is 396. The van der Waals surface area contributed by atoms with E-state index in [9.17, 15) is 4.79 Å². The smallest absolute Gasteiger partial charge is 0.303 e. The van der Waals surface area contributed by atoms with Crippen molar-refractivity contribution in [3.63, 3.8) is 0 Å². The van der Waals surface area contributed by atoms with E-state index in [1.165, 1.54) is 0 Å². The highest BCUT2D eigenvalue weighted by Gasteiger charge is 2.06.